The first-order valence-corrected chi connectivity index (χ1v) is 8.98. The second-order valence-electron chi connectivity index (χ2n) is 6.62. The summed E-state index contributed by atoms with van der Waals surface area (Å²) in [6, 6.07) is 17.2. The van der Waals surface area contributed by atoms with Crippen molar-refractivity contribution in [2.75, 3.05) is 6.54 Å². The molecule has 150 valence electrons. The predicted octanol–water partition coefficient (Wildman–Crippen LogP) is 4.47. The van der Waals surface area contributed by atoms with Crippen LogP contribution in [0.1, 0.15) is 34.5 Å². The molecule has 3 rings (SSSR count). The molecule has 0 saturated carbocycles. The third-order valence-corrected chi connectivity index (χ3v) is 4.55. The number of rotatable bonds is 5. The summed E-state index contributed by atoms with van der Waals surface area (Å²) in [6.07, 6.45) is -4.47. The second kappa shape index (κ2) is 8.34. The molecule has 3 aromatic carbocycles. The van der Waals surface area contributed by atoms with E-state index in [1.807, 2.05) is 49.4 Å². The molecular weight excluding hydrogens is 381 g/mol. The molecule has 1 atom stereocenters. The van der Waals surface area contributed by atoms with E-state index in [1.165, 1.54) is 0 Å². The van der Waals surface area contributed by atoms with Crippen LogP contribution in [0.5, 0.6) is 0 Å². The Bertz CT molecular complexity index is 1020. The lowest BCUT2D eigenvalue weighted by Crippen LogP contribution is -2.38. The van der Waals surface area contributed by atoms with Gasteiger partial charge in [0.1, 0.15) is 0 Å². The number of halogens is 3. The zero-order valence-electron chi connectivity index (χ0n) is 15.6. The average molecular weight is 400 g/mol. The summed E-state index contributed by atoms with van der Waals surface area (Å²) in [5, 5.41) is 7.32. The number of nitrogens with one attached hydrogen (secondary N) is 2. The molecule has 0 aliphatic heterocycles. The maximum atomic E-state index is 12.6. The lowest BCUT2D eigenvalue weighted by Gasteiger charge is -2.17. The molecule has 0 spiro atoms. The highest BCUT2D eigenvalue weighted by Crippen LogP contribution is 2.29. The summed E-state index contributed by atoms with van der Waals surface area (Å²) in [5.74, 6) is -1.02. The summed E-state index contributed by atoms with van der Waals surface area (Å²) < 4.78 is 37.7. The predicted molar refractivity (Wildman–Crippen MR) is 104 cm³/mol. The number of amides is 2. The van der Waals surface area contributed by atoms with Crippen LogP contribution in [0.25, 0.3) is 10.8 Å². The summed E-state index contributed by atoms with van der Waals surface area (Å²) in [6.45, 7) is 1.56. The largest absolute Gasteiger partial charge is 0.416 e. The Kier molecular flexibility index (Phi) is 5.87. The molecule has 0 heterocycles. The first-order valence-electron chi connectivity index (χ1n) is 8.98. The van der Waals surface area contributed by atoms with E-state index < -0.39 is 23.6 Å². The van der Waals surface area contributed by atoms with Crippen LogP contribution >= 0.6 is 0 Å². The van der Waals surface area contributed by atoms with E-state index in [0.717, 1.165) is 40.6 Å². The highest BCUT2D eigenvalue weighted by Gasteiger charge is 2.30. The van der Waals surface area contributed by atoms with Crippen molar-refractivity contribution in [3.63, 3.8) is 0 Å². The van der Waals surface area contributed by atoms with Crippen LogP contribution in [-0.4, -0.2) is 18.4 Å². The standard InChI is InChI=1S/C22H19F3N2O2/c1-14(18-8-4-6-15-5-2-3-7-19(15)18)27-20(28)13-26-21(29)16-9-11-17(12-10-16)22(23,24)25/h2-12,14H,13H2,1H3,(H,26,29)(H,27,28). The van der Waals surface area contributed by atoms with E-state index in [2.05, 4.69) is 10.6 Å². The maximum Gasteiger partial charge on any atom is 0.416 e. The average Bonchev–Trinajstić information content (AvgIpc) is 2.71. The van der Waals surface area contributed by atoms with Crippen LogP contribution in [0.3, 0.4) is 0 Å². The van der Waals surface area contributed by atoms with Crippen LogP contribution in [0.15, 0.2) is 66.7 Å². The van der Waals surface area contributed by atoms with Crippen LogP contribution in [0.2, 0.25) is 0 Å². The zero-order valence-corrected chi connectivity index (χ0v) is 15.6. The fraction of sp³-hybridized carbons (Fsp3) is 0.182. The monoisotopic (exact) mass is 400 g/mol. The molecular formula is C22H19F3N2O2. The van der Waals surface area contributed by atoms with E-state index in [0.29, 0.717) is 0 Å². The number of fused-ring (bicyclic) bond motifs is 1. The molecule has 0 aromatic heterocycles. The smallest absolute Gasteiger partial charge is 0.348 e. The highest BCUT2D eigenvalue weighted by molar-refractivity contribution is 5.96. The molecule has 0 saturated heterocycles. The maximum absolute atomic E-state index is 12.6. The van der Waals surface area contributed by atoms with Crippen LogP contribution in [0, 0.1) is 0 Å². The molecule has 2 N–H and O–H groups in total. The van der Waals surface area contributed by atoms with Gasteiger partial charge >= 0.3 is 6.18 Å². The van der Waals surface area contributed by atoms with Gasteiger partial charge in [-0.2, -0.15) is 13.2 Å². The molecule has 29 heavy (non-hydrogen) atoms. The van der Waals surface area contributed by atoms with Gasteiger partial charge in [-0.1, -0.05) is 42.5 Å². The molecule has 0 aliphatic rings. The normalized spacial score (nSPS) is 12.4. The number of carbonyl (C=O) groups is 2. The van der Waals surface area contributed by atoms with E-state index in [4.69, 9.17) is 0 Å². The van der Waals surface area contributed by atoms with Crippen molar-refractivity contribution >= 4 is 22.6 Å². The first kappa shape index (κ1) is 20.4. The number of hydrogen-bond acceptors (Lipinski definition) is 2. The van der Waals surface area contributed by atoms with Gasteiger partial charge in [-0.15, -0.1) is 0 Å². The lowest BCUT2D eigenvalue weighted by atomic mass is 10.00. The summed E-state index contributed by atoms with van der Waals surface area (Å²) in [7, 11) is 0. The first-order chi connectivity index (χ1) is 13.8. The van der Waals surface area contributed by atoms with Gasteiger partial charge in [0.05, 0.1) is 18.2 Å². The van der Waals surface area contributed by atoms with Gasteiger partial charge in [0.2, 0.25) is 5.91 Å². The fourth-order valence-corrected chi connectivity index (χ4v) is 3.07. The van der Waals surface area contributed by atoms with Crippen LogP contribution in [-0.2, 0) is 11.0 Å². The Labute approximate surface area is 165 Å². The topological polar surface area (TPSA) is 58.2 Å². The van der Waals surface area contributed by atoms with E-state index in [1.54, 1.807) is 0 Å². The minimum atomic E-state index is -4.47. The van der Waals surface area contributed by atoms with Crippen molar-refractivity contribution in [1.82, 2.24) is 10.6 Å². The fourth-order valence-electron chi connectivity index (χ4n) is 3.07. The molecule has 0 radical (unpaired) electrons. The van der Waals surface area contributed by atoms with Gasteiger partial charge in [0.15, 0.2) is 0 Å². The van der Waals surface area contributed by atoms with Gasteiger partial charge in [0.25, 0.3) is 5.91 Å². The van der Waals surface area contributed by atoms with Crippen molar-refractivity contribution in [2.24, 2.45) is 0 Å². The van der Waals surface area contributed by atoms with Gasteiger partial charge < -0.3 is 10.6 Å². The molecule has 2 amide bonds. The Morgan fingerprint density at radius 1 is 0.931 bits per heavy atom. The summed E-state index contributed by atoms with van der Waals surface area (Å²) >= 11 is 0. The lowest BCUT2D eigenvalue weighted by molar-refractivity contribution is -0.137. The van der Waals surface area contributed by atoms with E-state index in [9.17, 15) is 22.8 Å². The van der Waals surface area contributed by atoms with Gasteiger partial charge in [-0.25, -0.2) is 0 Å². The quantitative estimate of drug-likeness (QED) is 0.664. The Balaban J connectivity index is 1.58. The molecule has 0 aliphatic carbocycles. The molecule has 7 heteroatoms. The number of carbonyl (C=O) groups excluding carboxylic acids is 2. The molecule has 4 nitrogen and oxygen atoms in total. The molecule has 0 bridgehead atoms. The third-order valence-electron chi connectivity index (χ3n) is 4.55. The van der Waals surface area contributed by atoms with Crippen molar-refractivity contribution in [3.05, 3.63) is 83.4 Å². The van der Waals surface area contributed by atoms with Crippen LogP contribution < -0.4 is 10.6 Å². The third kappa shape index (κ3) is 4.93. The van der Waals surface area contributed by atoms with Crippen molar-refractivity contribution < 1.29 is 22.8 Å². The Morgan fingerprint density at radius 3 is 2.28 bits per heavy atom. The number of benzene rings is 3. The minimum absolute atomic E-state index is 0.0490. The Morgan fingerprint density at radius 2 is 1.59 bits per heavy atom. The molecule has 1 unspecified atom stereocenters. The van der Waals surface area contributed by atoms with Gasteiger partial charge in [0, 0.05) is 5.56 Å². The van der Waals surface area contributed by atoms with Gasteiger partial charge in [-0.3, -0.25) is 9.59 Å². The van der Waals surface area contributed by atoms with Crippen molar-refractivity contribution in [3.8, 4) is 0 Å². The molecule has 3 aromatic rings. The molecule has 0 fully saturated rings. The summed E-state index contributed by atoms with van der Waals surface area (Å²) in [5.41, 5.74) is 0.161. The van der Waals surface area contributed by atoms with E-state index >= 15 is 0 Å². The van der Waals surface area contributed by atoms with Crippen LogP contribution in [0.4, 0.5) is 13.2 Å². The summed E-state index contributed by atoms with van der Waals surface area (Å²) in [4.78, 5) is 24.3. The Hall–Kier alpha value is -3.35. The number of hydrogen-bond donors (Lipinski definition) is 2. The van der Waals surface area contributed by atoms with Crippen molar-refractivity contribution in [2.45, 2.75) is 19.1 Å². The van der Waals surface area contributed by atoms with E-state index in [-0.39, 0.29) is 18.2 Å². The zero-order chi connectivity index (χ0) is 21.0. The van der Waals surface area contributed by atoms with Crippen molar-refractivity contribution in [1.29, 1.82) is 0 Å². The second-order valence-corrected chi connectivity index (χ2v) is 6.62. The highest BCUT2D eigenvalue weighted by atomic mass is 19.4. The van der Waals surface area contributed by atoms with Gasteiger partial charge in [-0.05, 0) is 47.5 Å². The SMILES string of the molecule is CC(NC(=O)CNC(=O)c1ccc(C(F)(F)F)cc1)c1cccc2ccccc12. The minimum Gasteiger partial charge on any atom is -0.348 e. The number of alkyl halides is 3.